The van der Waals surface area contributed by atoms with Crippen LogP contribution in [-0.2, 0) is 0 Å². The quantitative estimate of drug-likeness (QED) is 0.293. The molecule has 0 unspecified atom stereocenters. The second-order valence-corrected chi connectivity index (χ2v) is 3.53. The van der Waals surface area contributed by atoms with Gasteiger partial charge in [0.15, 0.2) is 0 Å². The van der Waals surface area contributed by atoms with Gasteiger partial charge in [-0.1, -0.05) is 51.4 Å². The number of oxime groups is 1. The number of ketones is 1. The summed E-state index contributed by atoms with van der Waals surface area (Å²) in [5.41, 5.74) is 0.519. The topological polar surface area (TPSA) is 69.9 Å². The number of alkyl halides is 1. The lowest BCUT2D eigenvalue weighted by Crippen LogP contribution is -1.98. The Hall–Kier alpha value is -1.20. The first-order valence-electron chi connectivity index (χ1n) is 4.70. The molecule has 1 rings (SSSR count). The van der Waals surface area contributed by atoms with Crippen LogP contribution >= 0.6 is 15.9 Å². The Kier molecular flexibility index (Phi) is 9.55. The van der Waals surface area contributed by atoms with E-state index in [1.54, 1.807) is 24.3 Å². The summed E-state index contributed by atoms with van der Waals surface area (Å²) in [7, 11) is 0. The van der Waals surface area contributed by atoms with Gasteiger partial charge in [-0.25, -0.2) is 0 Å². The molecule has 4 nitrogen and oxygen atoms in total. The molecular formula is C11H14BrNO3. The van der Waals surface area contributed by atoms with Crippen molar-refractivity contribution in [1.29, 1.82) is 0 Å². The van der Waals surface area contributed by atoms with Crippen molar-refractivity contribution in [1.82, 2.24) is 0 Å². The fraction of sp³-hybridized carbons (Fsp3) is 0.273. The van der Waals surface area contributed by atoms with Gasteiger partial charge in [0.25, 0.3) is 0 Å². The molecule has 2 N–H and O–H groups in total. The van der Waals surface area contributed by atoms with Crippen LogP contribution in [0.3, 0.4) is 0 Å². The van der Waals surface area contributed by atoms with Crippen LogP contribution in [-0.4, -0.2) is 34.2 Å². The van der Waals surface area contributed by atoms with Crippen LogP contribution < -0.4 is 0 Å². The molecule has 0 saturated heterocycles. The highest BCUT2D eigenvalue weighted by molar-refractivity contribution is 9.09. The number of hydrogen-bond donors (Lipinski definition) is 2. The number of carbonyl (C=O) groups is 1. The molecule has 0 aliphatic heterocycles. The largest absolute Gasteiger partial charge is 0.411 e. The number of nitrogens with zero attached hydrogens (tertiary/aromatic N) is 1. The smallest absolute Gasteiger partial charge is 0.207 e. The van der Waals surface area contributed by atoms with E-state index in [1.165, 1.54) is 0 Å². The standard InChI is InChI=1S/C8H7NO2.C3H7BrO/c10-8(6-9-11)7-4-2-1-3-5-7;4-2-1-3-5/h1-6,11H;5H,1-3H2. The van der Waals surface area contributed by atoms with E-state index in [1.807, 2.05) is 6.07 Å². The molecule has 1 aromatic rings. The zero-order chi connectivity index (χ0) is 12.2. The maximum Gasteiger partial charge on any atom is 0.207 e. The Morgan fingerprint density at radius 3 is 2.38 bits per heavy atom. The van der Waals surface area contributed by atoms with Crippen molar-refractivity contribution in [2.45, 2.75) is 6.42 Å². The number of benzene rings is 1. The predicted molar refractivity (Wildman–Crippen MR) is 66.5 cm³/mol. The molecule has 0 fully saturated rings. The van der Waals surface area contributed by atoms with Gasteiger partial charge in [-0.3, -0.25) is 4.79 Å². The minimum Gasteiger partial charge on any atom is -0.411 e. The molecule has 16 heavy (non-hydrogen) atoms. The molecule has 0 aliphatic rings. The summed E-state index contributed by atoms with van der Waals surface area (Å²) < 4.78 is 0. The monoisotopic (exact) mass is 287 g/mol. The fourth-order valence-electron chi connectivity index (χ4n) is 0.789. The Balaban J connectivity index is 0.000000385. The van der Waals surface area contributed by atoms with E-state index in [0.29, 0.717) is 12.2 Å². The number of rotatable bonds is 4. The van der Waals surface area contributed by atoms with Crippen molar-refractivity contribution in [3.05, 3.63) is 35.9 Å². The van der Waals surface area contributed by atoms with Crippen LogP contribution in [0.2, 0.25) is 0 Å². The Labute approximate surface area is 103 Å². The third-order valence-electron chi connectivity index (χ3n) is 1.53. The van der Waals surface area contributed by atoms with E-state index in [4.69, 9.17) is 10.3 Å². The molecule has 1 aromatic carbocycles. The molecule has 0 spiro atoms. The summed E-state index contributed by atoms with van der Waals surface area (Å²) in [5, 5.41) is 19.6. The maximum atomic E-state index is 10.9. The molecule has 0 radical (unpaired) electrons. The lowest BCUT2D eigenvalue weighted by Gasteiger charge is -1.90. The first-order valence-corrected chi connectivity index (χ1v) is 5.82. The number of halogens is 1. The average Bonchev–Trinajstić information content (AvgIpc) is 2.32. The van der Waals surface area contributed by atoms with Crippen molar-refractivity contribution in [3.8, 4) is 0 Å². The van der Waals surface area contributed by atoms with Gasteiger partial charge in [-0.2, -0.15) is 0 Å². The molecular weight excluding hydrogens is 274 g/mol. The molecule has 0 aliphatic carbocycles. The first kappa shape index (κ1) is 14.8. The highest BCUT2D eigenvalue weighted by Gasteiger charge is 1.98. The molecule has 0 saturated carbocycles. The van der Waals surface area contributed by atoms with Crippen LogP contribution in [0.5, 0.6) is 0 Å². The summed E-state index contributed by atoms with van der Waals surface area (Å²) in [5.74, 6) is -0.298. The van der Waals surface area contributed by atoms with Gasteiger partial charge in [0, 0.05) is 17.5 Å². The molecule has 0 aromatic heterocycles. The average molecular weight is 288 g/mol. The van der Waals surface area contributed by atoms with Crippen molar-refractivity contribution >= 4 is 27.9 Å². The minimum atomic E-state index is -0.298. The number of hydrogen-bond acceptors (Lipinski definition) is 4. The van der Waals surface area contributed by atoms with Gasteiger partial charge >= 0.3 is 0 Å². The Morgan fingerprint density at radius 2 is 2.00 bits per heavy atom. The van der Waals surface area contributed by atoms with Crippen LogP contribution in [0.4, 0.5) is 0 Å². The normalized spacial score (nSPS) is 9.62. The molecule has 88 valence electrons. The molecule has 0 atom stereocenters. The highest BCUT2D eigenvalue weighted by Crippen LogP contribution is 1.97. The SMILES string of the molecule is O=C(C=NO)c1ccccc1.OCCCBr. The summed E-state index contributed by atoms with van der Waals surface area (Å²) in [4.78, 5) is 10.9. The van der Waals surface area contributed by atoms with Crippen molar-refractivity contribution in [2.24, 2.45) is 5.16 Å². The highest BCUT2D eigenvalue weighted by atomic mass is 79.9. The Morgan fingerprint density at radius 1 is 1.38 bits per heavy atom. The second kappa shape index (κ2) is 10.3. The summed E-state index contributed by atoms with van der Waals surface area (Å²) in [6.07, 6.45) is 1.73. The third-order valence-corrected chi connectivity index (χ3v) is 2.09. The fourth-order valence-corrected chi connectivity index (χ4v) is 1.04. The Bertz CT molecular complexity index is 312. The lowest BCUT2D eigenvalue weighted by molar-refractivity contribution is 0.106. The van der Waals surface area contributed by atoms with E-state index < -0.39 is 0 Å². The van der Waals surface area contributed by atoms with Crippen LogP contribution in [0.25, 0.3) is 0 Å². The molecule has 0 bridgehead atoms. The van der Waals surface area contributed by atoms with Crippen molar-refractivity contribution in [2.75, 3.05) is 11.9 Å². The minimum absolute atomic E-state index is 0.297. The van der Waals surface area contributed by atoms with Gasteiger partial charge in [-0.15, -0.1) is 0 Å². The van der Waals surface area contributed by atoms with Crippen molar-refractivity contribution < 1.29 is 15.1 Å². The number of aliphatic hydroxyl groups excluding tert-OH is 1. The predicted octanol–water partition coefficient (Wildman–Crippen LogP) is 2.09. The van der Waals surface area contributed by atoms with Crippen LogP contribution in [0, 0.1) is 0 Å². The van der Waals surface area contributed by atoms with Crippen LogP contribution in [0.1, 0.15) is 16.8 Å². The van der Waals surface area contributed by atoms with Gasteiger partial charge in [0.05, 0.1) is 0 Å². The maximum absolute atomic E-state index is 10.9. The zero-order valence-electron chi connectivity index (χ0n) is 8.71. The van der Waals surface area contributed by atoms with Crippen molar-refractivity contribution in [3.63, 3.8) is 0 Å². The summed E-state index contributed by atoms with van der Waals surface area (Å²) in [6.45, 7) is 0.297. The molecule has 5 heteroatoms. The van der Waals surface area contributed by atoms with Gasteiger partial charge in [0.1, 0.15) is 6.21 Å². The summed E-state index contributed by atoms with van der Waals surface area (Å²) >= 11 is 3.15. The van der Waals surface area contributed by atoms with E-state index in [-0.39, 0.29) is 5.78 Å². The van der Waals surface area contributed by atoms with Crippen LogP contribution in [0.15, 0.2) is 35.5 Å². The van der Waals surface area contributed by atoms with E-state index in [2.05, 4.69) is 21.1 Å². The molecule has 0 heterocycles. The second-order valence-electron chi connectivity index (χ2n) is 2.74. The number of carbonyl (C=O) groups excluding carboxylic acids is 1. The van der Waals surface area contributed by atoms with Gasteiger partial charge in [-0.05, 0) is 6.42 Å². The van der Waals surface area contributed by atoms with Gasteiger partial charge in [0.2, 0.25) is 5.78 Å². The van der Waals surface area contributed by atoms with E-state index in [9.17, 15) is 4.79 Å². The third kappa shape index (κ3) is 7.14. The first-order chi connectivity index (χ1) is 7.76. The summed E-state index contributed by atoms with van der Waals surface area (Å²) in [6, 6.07) is 8.62. The lowest BCUT2D eigenvalue weighted by atomic mass is 10.1. The van der Waals surface area contributed by atoms with E-state index in [0.717, 1.165) is 18.0 Å². The number of Topliss-reactive ketones (excluding diaryl/α,β-unsaturated/α-hetero) is 1. The zero-order valence-corrected chi connectivity index (χ0v) is 10.3. The number of aliphatic hydroxyl groups is 1. The molecule has 0 amide bonds. The van der Waals surface area contributed by atoms with E-state index >= 15 is 0 Å². The van der Waals surface area contributed by atoms with Gasteiger partial charge < -0.3 is 10.3 Å².